The van der Waals surface area contributed by atoms with Crippen molar-refractivity contribution >= 4 is 34.1 Å². The van der Waals surface area contributed by atoms with Crippen LogP contribution in [0.15, 0.2) is 97.5 Å². The monoisotopic (exact) mass is 446 g/mol. The van der Waals surface area contributed by atoms with Gasteiger partial charge in [0, 0.05) is 30.4 Å². The maximum Gasteiger partial charge on any atom is 0.316 e. The lowest BCUT2D eigenvalue weighted by molar-refractivity contribution is 0.259. The molecular formula is C27H22N6O. The minimum atomic E-state index is -0.645. The number of hydrogen-bond donors (Lipinski definition) is 2. The summed E-state index contributed by atoms with van der Waals surface area (Å²) in [5, 5.41) is 4.62. The van der Waals surface area contributed by atoms with Crippen molar-refractivity contribution in [3.8, 4) is 22.4 Å². The number of anilines is 3. The molecule has 2 amide bonds. The number of urea groups is 1. The van der Waals surface area contributed by atoms with Crippen LogP contribution in [0.3, 0.4) is 0 Å². The van der Waals surface area contributed by atoms with Gasteiger partial charge in [0.2, 0.25) is 0 Å². The summed E-state index contributed by atoms with van der Waals surface area (Å²) in [6, 6.07) is 25.4. The lowest BCUT2D eigenvalue weighted by Crippen LogP contribution is -2.19. The minimum Gasteiger partial charge on any atom is -0.351 e. The van der Waals surface area contributed by atoms with Crippen LogP contribution in [0, 0.1) is 0 Å². The Kier molecular flexibility index (Phi) is 5.58. The third-order valence-corrected chi connectivity index (χ3v) is 5.54. The van der Waals surface area contributed by atoms with E-state index in [9.17, 15) is 4.79 Å². The fourth-order valence-electron chi connectivity index (χ4n) is 3.99. The zero-order chi connectivity index (χ0) is 23.5. The number of primary amides is 1. The van der Waals surface area contributed by atoms with E-state index in [0.717, 1.165) is 44.8 Å². The lowest BCUT2D eigenvalue weighted by Gasteiger charge is -2.22. The summed E-state index contributed by atoms with van der Waals surface area (Å²) in [7, 11) is 1.96. The smallest absolute Gasteiger partial charge is 0.316 e. The van der Waals surface area contributed by atoms with E-state index in [4.69, 9.17) is 10.7 Å². The van der Waals surface area contributed by atoms with E-state index in [1.54, 1.807) is 24.7 Å². The van der Waals surface area contributed by atoms with E-state index in [1.807, 2.05) is 60.5 Å². The number of carbonyl (C=O) groups is 1. The summed E-state index contributed by atoms with van der Waals surface area (Å²) in [5.41, 5.74) is 9.45. The van der Waals surface area contributed by atoms with Gasteiger partial charge in [-0.1, -0.05) is 54.6 Å². The van der Waals surface area contributed by atoms with Gasteiger partial charge in [0.15, 0.2) is 0 Å². The van der Waals surface area contributed by atoms with E-state index in [0.29, 0.717) is 5.69 Å². The number of rotatable bonds is 5. The Balaban J connectivity index is 1.75. The van der Waals surface area contributed by atoms with Crippen molar-refractivity contribution in [3.05, 3.63) is 97.5 Å². The van der Waals surface area contributed by atoms with Crippen LogP contribution >= 0.6 is 0 Å². The number of fused-ring (bicyclic) bond motifs is 1. The molecule has 7 heteroatoms. The maximum atomic E-state index is 11.3. The number of aromatic nitrogens is 3. The second kappa shape index (κ2) is 8.99. The fourth-order valence-corrected chi connectivity index (χ4v) is 3.99. The van der Waals surface area contributed by atoms with Crippen LogP contribution in [0.1, 0.15) is 0 Å². The molecule has 2 aromatic carbocycles. The highest BCUT2D eigenvalue weighted by Gasteiger charge is 2.17. The lowest BCUT2D eigenvalue weighted by atomic mass is 9.97. The highest BCUT2D eigenvalue weighted by molar-refractivity contribution is 6.06. The van der Waals surface area contributed by atoms with Gasteiger partial charge in [-0.25, -0.2) is 14.8 Å². The van der Waals surface area contributed by atoms with E-state index in [2.05, 4.69) is 39.6 Å². The van der Waals surface area contributed by atoms with Crippen molar-refractivity contribution in [1.29, 1.82) is 0 Å². The first kappa shape index (κ1) is 21.1. The van der Waals surface area contributed by atoms with Gasteiger partial charge in [0.25, 0.3) is 0 Å². The van der Waals surface area contributed by atoms with Crippen LogP contribution in [0.5, 0.6) is 0 Å². The Morgan fingerprint density at radius 1 is 0.912 bits per heavy atom. The third-order valence-electron chi connectivity index (χ3n) is 5.54. The molecule has 3 aromatic heterocycles. The number of pyridine rings is 3. The Bertz CT molecular complexity index is 1470. The number of benzene rings is 2. The summed E-state index contributed by atoms with van der Waals surface area (Å²) in [4.78, 5) is 27.1. The molecule has 0 radical (unpaired) electrons. The molecule has 0 aliphatic heterocycles. The van der Waals surface area contributed by atoms with Crippen LogP contribution in [0.2, 0.25) is 0 Å². The van der Waals surface area contributed by atoms with Crippen molar-refractivity contribution in [2.24, 2.45) is 5.73 Å². The molecule has 3 heterocycles. The normalized spacial score (nSPS) is 10.7. The van der Waals surface area contributed by atoms with Gasteiger partial charge in [0.1, 0.15) is 11.6 Å². The number of hydrogen-bond acceptors (Lipinski definition) is 5. The summed E-state index contributed by atoms with van der Waals surface area (Å²) >= 11 is 0. The molecule has 7 nitrogen and oxygen atoms in total. The molecule has 0 saturated carbocycles. The Labute approximate surface area is 196 Å². The molecule has 0 saturated heterocycles. The summed E-state index contributed by atoms with van der Waals surface area (Å²) in [6.45, 7) is 0. The van der Waals surface area contributed by atoms with Crippen molar-refractivity contribution in [1.82, 2.24) is 15.0 Å². The molecule has 0 aliphatic rings. The van der Waals surface area contributed by atoms with Crippen LogP contribution < -0.4 is 16.0 Å². The highest BCUT2D eigenvalue weighted by atomic mass is 16.2. The van der Waals surface area contributed by atoms with Crippen molar-refractivity contribution < 1.29 is 4.79 Å². The molecule has 5 rings (SSSR count). The summed E-state index contributed by atoms with van der Waals surface area (Å²) < 4.78 is 0. The van der Waals surface area contributed by atoms with Crippen molar-refractivity contribution in [2.45, 2.75) is 0 Å². The van der Waals surface area contributed by atoms with Crippen LogP contribution in [-0.4, -0.2) is 28.0 Å². The van der Waals surface area contributed by atoms with Gasteiger partial charge in [-0.2, -0.15) is 0 Å². The average Bonchev–Trinajstić information content (AvgIpc) is 2.88. The zero-order valence-corrected chi connectivity index (χ0v) is 18.5. The van der Waals surface area contributed by atoms with Crippen LogP contribution in [0.4, 0.5) is 22.1 Å². The van der Waals surface area contributed by atoms with Crippen LogP contribution in [0.25, 0.3) is 33.2 Å². The van der Waals surface area contributed by atoms with E-state index < -0.39 is 6.03 Å². The largest absolute Gasteiger partial charge is 0.351 e. The Hall–Kier alpha value is -4.78. The third kappa shape index (κ3) is 4.14. The van der Waals surface area contributed by atoms with Gasteiger partial charge >= 0.3 is 6.03 Å². The number of nitrogens with one attached hydrogen (secondary N) is 1. The minimum absolute atomic E-state index is 0.504. The molecular weight excluding hydrogens is 424 g/mol. The molecule has 166 valence electrons. The number of nitrogens with two attached hydrogens (primary N) is 1. The summed E-state index contributed by atoms with van der Waals surface area (Å²) in [6.07, 6.45) is 5.02. The average molecular weight is 447 g/mol. The summed E-state index contributed by atoms with van der Waals surface area (Å²) in [5.74, 6) is 1.54. The predicted octanol–water partition coefficient (Wildman–Crippen LogP) is 5.62. The topological polar surface area (TPSA) is 97.0 Å². The molecule has 0 aliphatic carbocycles. The molecule has 34 heavy (non-hydrogen) atoms. The standard InChI is InChI=1S/C27H22N6O/c1-33(24-12-5-6-13-30-24)26-25-19(10-7-11-22(25)18-8-3-2-4-9-18)15-23(32-26)20-14-21(17-29-16-20)31-27(28)34/h2-17H,1H3,(H3,28,31,34). The molecule has 0 atom stereocenters. The number of amides is 2. The molecule has 0 bridgehead atoms. The molecule has 5 aromatic rings. The zero-order valence-electron chi connectivity index (χ0n) is 18.5. The number of nitrogens with zero attached hydrogens (tertiary/aromatic N) is 4. The molecule has 3 N–H and O–H groups in total. The first-order valence-electron chi connectivity index (χ1n) is 10.8. The van der Waals surface area contributed by atoms with Gasteiger partial charge in [0.05, 0.1) is 17.6 Å². The quantitative estimate of drug-likeness (QED) is 0.365. The van der Waals surface area contributed by atoms with Gasteiger partial charge in [-0.3, -0.25) is 4.98 Å². The number of carbonyl (C=O) groups excluding carboxylic acids is 1. The molecule has 0 unspecified atom stereocenters. The van der Waals surface area contributed by atoms with Gasteiger partial charge in [-0.05, 0) is 40.8 Å². The second-order valence-corrected chi connectivity index (χ2v) is 7.80. The van der Waals surface area contributed by atoms with Crippen molar-refractivity contribution in [3.63, 3.8) is 0 Å². The van der Waals surface area contributed by atoms with E-state index in [-0.39, 0.29) is 0 Å². The van der Waals surface area contributed by atoms with Gasteiger partial charge in [-0.15, -0.1) is 0 Å². The molecule has 0 spiro atoms. The Morgan fingerprint density at radius 3 is 2.50 bits per heavy atom. The van der Waals surface area contributed by atoms with Crippen LogP contribution in [-0.2, 0) is 0 Å². The first-order valence-corrected chi connectivity index (χ1v) is 10.8. The predicted molar refractivity (Wildman–Crippen MR) is 136 cm³/mol. The molecule has 0 fully saturated rings. The fraction of sp³-hybridized carbons (Fsp3) is 0.0370. The van der Waals surface area contributed by atoms with E-state index in [1.165, 1.54) is 0 Å². The van der Waals surface area contributed by atoms with Gasteiger partial charge < -0.3 is 16.0 Å². The first-order chi connectivity index (χ1) is 16.6. The Morgan fingerprint density at radius 2 is 1.74 bits per heavy atom. The van der Waals surface area contributed by atoms with E-state index >= 15 is 0 Å². The second-order valence-electron chi connectivity index (χ2n) is 7.80. The highest BCUT2D eigenvalue weighted by Crippen LogP contribution is 2.38. The SMILES string of the molecule is CN(c1ccccn1)c1nc(-c2cncc(NC(N)=O)c2)cc2cccc(-c3ccccc3)c12. The van der Waals surface area contributed by atoms with Crippen molar-refractivity contribution in [2.75, 3.05) is 17.3 Å². The maximum absolute atomic E-state index is 11.3.